The maximum absolute atomic E-state index is 10.9. The first-order valence-corrected chi connectivity index (χ1v) is 7.57. The Balaban J connectivity index is 2.49. The fraction of sp³-hybridized carbons (Fsp3) is 1.00. The van der Waals surface area contributed by atoms with E-state index in [1.807, 2.05) is 0 Å². The molecule has 6 heteroatoms. The van der Waals surface area contributed by atoms with Gasteiger partial charge in [-0.05, 0) is 12.8 Å². The Kier molecular flexibility index (Phi) is 5.22. The lowest BCUT2D eigenvalue weighted by molar-refractivity contribution is 0.0409. The zero-order valence-corrected chi connectivity index (χ0v) is 10.1. The predicted molar refractivity (Wildman–Crippen MR) is 56.3 cm³/mol. The molecule has 84 valence electrons. The fourth-order valence-corrected chi connectivity index (χ4v) is 2.77. The minimum Gasteiger partial charge on any atom is -0.285 e. The molecule has 0 bridgehead atoms. The molecule has 0 spiro atoms. The van der Waals surface area contributed by atoms with Crippen molar-refractivity contribution in [2.24, 2.45) is 0 Å². The van der Waals surface area contributed by atoms with Crippen molar-refractivity contribution in [1.29, 1.82) is 0 Å². The second-order valence-electron chi connectivity index (χ2n) is 3.36. The summed E-state index contributed by atoms with van der Waals surface area (Å²) >= 11 is -2.56. The molecule has 14 heavy (non-hydrogen) atoms. The Morgan fingerprint density at radius 3 is 1.57 bits per heavy atom. The summed E-state index contributed by atoms with van der Waals surface area (Å²) in [5.74, 6) is 0. The molecule has 0 aromatic carbocycles. The molecule has 4 atom stereocenters. The van der Waals surface area contributed by atoms with Crippen LogP contribution in [0.1, 0.15) is 25.7 Å². The molecule has 1 saturated carbocycles. The normalized spacial score (nSPS) is 32.4. The minimum atomic E-state index is -1.28. The van der Waals surface area contributed by atoms with E-state index in [0.29, 0.717) is 0 Å². The van der Waals surface area contributed by atoms with Gasteiger partial charge in [-0.3, -0.25) is 8.37 Å². The van der Waals surface area contributed by atoms with E-state index >= 15 is 0 Å². The summed E-state index contributed by atoms with van der Waals surface area (Å²) in [4.78, 5) is 0. The lowest BCUT2D eigenvalue weighted by Crippen LogP contribution is -2.35. The molecule has 0 amide bonds. The maximum Gasteiger partial charge on any atom is 0.152 e. The molecule has 0 aliphatic heterocycles. The molecule has 0 N–H and O–H groups in total. The van der Waals surface area contributed by atoms with Crippen molar-refractivity contribution in [3.63, 3.8) is 0 Å². The predicted octanol–water partition coefficient (Wildman–Crippen LogP) is 0.918. The van der Waals surface area contributed by atoms with Crippen molar-refractivity contribution in [2.45, 2.75) is 37.9 Å². The van der Waals surface area contributed by atoms with Gasteiger partial charge in [-0.2, -0.15) is 0 Å². The third-order valence-electron chi connectivity index (χ3n) is 2.16. The largest absolute Gasteiger partial charge is 0.285 e. The highest BCUT2D eigenvalue weighted by Crippen LogP contribution is 2.24. The van der Waals surface area contributed by atoms with Gasteiger partial charge in [0.15, 0.2) is 22.2 Å². The van der Waals surface area contributed by atoms with Crippen LogP contribution in [0.5, 0.6) is 0 Å². The third-order valence-corrected chi connectivity index (χ3v) is 3.20. The highest BCUT2D eigenvalue weighted by Gasteiger charge is 2.29. The standard InChI is InChI=1S/C8H16O4S2/c1-13(9)11-7-5-3-4-6-8(7)12-14(2)10/h7-8H,3-6H2,1-2H3. The first-order valence-electron chi connectivity index (χ1n) is 4.60. The SMILES string of the molecule is CS(=O)OC1CCCCC1OS(C)=O. The van der Waals surface area contributed by atoms with Crippen LogP contribution in [0.2, 0.25) is 0 Å². The van der Waals surface area contributed by atoms with Gasteiger partial charge >= 0.3 is 0 Å². The van der Waals surface area contributed by atoms with E-state index < -0.39 is 22.2 Å². The summed E-state index contributed by atoms with van der Waals surface area (Å²) in [7, 11) is 0. The molecule has 4 nitrogen and oxygen atoms in total. The van der Waals surface area contributed by atoms with Crippen molar-refractivity contribution >= 4 is 22.2 Å². The maximum atomic E-state index is 10.9. The van der Waals surface area contributed by atoms with Gasteiger partial charge in [0.25, 0.3) is 0 Å². The smallest absolute Gasteiger partial charge is 0.152 e. The average molecular weight is 240 g/mol. The second kappa shape index (κ2) is 5.95. The molecule has 0 saturated heterocycles. The Bertz CT molecular complexity index is 207. The minimum absolute atomic E-state index is 0.168. The van der Waals surface area contributed by atoms with Gasteiger partial charge < -0.3 is 0 Å². The monoisotopic (exact) mass is 240 g/mol. The van der Waals surface area contributed by atoms with Crippen molar-refractivity contribution in [3.05, 3.63) is 0 Å². The lowest BCUT2D eigenvalue weighted by Gasteiger charge is -2.28. The Morgan fingerprint density at radius 2 is 1.29 bits per heavy atom. The van der Waals surface area contributed by atoms with Crippen LogP contribution in [-0.4, -0.2) is 33.1 Å². The van der Waals surface area contributed by atoms with E-state index in [9.17, 15) is 8.42 Å². The lowest BCUT2D eigenvalue weighted by atomic mass is 9.95. The highest BCUT2D eigenvalue weighted by atomic mass is 32.2. The molecule has 0 aromatic heterocycles. The van der Waals surface area contributed by atoms with E-state index in [1.54, 1.807) is 0 Å². The van der Waals surface area contributed by atoms with Gasteiger partial charge in [-0.15, -0.1) is 0 Å². The van der Waals surface area contributed by atoms with Crippen LogP contribution in [0.4, 0.5) is 0 Å². The third kappa shape index (κ3) is 4.16. The quantitative estimate of drug-likeness (QED) is 0.733. The number of rotatable bonds is 4. The Labute approximate surface area is 89.7 Å². The summed E-state index contributed by atoms with van der Waals surface area (Å²) in [6.07, 6.45) is 6.43. The van der Waals surface area contributed by atoms with Gasteiger partial charge in [-0.25, -0.2) is 8.42 Å². The molecular formula is C8H16O4S2. The summed E-state index contributed by atoms with van der Waals surface area (Å²) in [6.45, 7) is 0. The van der Waals surface area contributed by atoms with Crippen LogP contribution in [-0.2, 0) is 30.5 Å². The summed E-state index contributed by atoms with van der Waals surface area (Å²) in [5.41, 5.74) is 0. The van der Waals surface area contributed by atoms with Gasteiger partial charge in [0.05, 0.1) is 0 Å². The molecule has 4 unspecified atom stereocenters. The van der Waals surface area contributed by atoms with Crippen LogP contribution in [0.25, 0.3) is 0 Å². The molecular weight excluding hydrogens is 224 g/mol. The Hall–Kier alpha value is 0.220. The first-order chi connectivity index (χ1) is 6.59. The summed E-state index contributed by atoms with van der Waals surface area (Å²) in [5, 5.41) is 0. The average Bonchev–Trinajstić information content (AvgIpc) is 2.06. The molecule has 1 aliphatic carbocycles. The van der Waals surface area contributed by atoms with Crippen molar-refractivity contribution in [3.8, 4) is 0 Å². The molecule has 0 aromatic rings. The van der Waals surface area contributed by atoms with Gasteiger partial charge in [0.2, 0.25) is 0 Å². The number of hydrogen-bond donors (Lipinski definition) is 0. The van der Waals surface area contributed by atoms with Crippen LogP contribution in [0.15, 0.2) is 0 Å². The van der Waals surface area contributed by atoms with Gasteiger partial charge in [0.1, 0.15) is 12.2 Å². The van der Waals surface area contributed by atoms with Crippen LogP contribution in [0, 0.1) is 0 Å². The van der Waals surface area contributed by atoms with Crippen LogP contribution < -0.4 is 0 Å². The zero-order chi connectivity index (χ0) is 10.6. The number of hydrogen-bond acceptors (Lipinski definition) is 4. The molecule has 1 aliphatic rings. The second-order valence-corrected chi connectivity index (χ2v) is 5.35. The zero-order valence-electron chi connectivity index (χ0n) is 8.43. The van der Waals surface area contributed by atoms with E-state index in [2.05, 4.69) is 0 Å². The van der Waals surface area contributed by atoms with Crippen molar-refractivity contribution < 1.29 is 16.8 Å². The van der Waals surface area contributed by atoms with Gasteiger partial charge in [-0.1, -0.05) is 12.8 Å². The highest BCUT2D eigenvalue weighted by molar-refractivity contribution is 7.79. The van der Waals surface area contributed by atoms with Crippen LogP contribution in [0.3, 0.4) is 0 Å². The molecule has 0 radical (unpaired) electrons. The van der Waals surface area contributed by atoms with E-state index in [0.717, 1.165) is 25.7 Å². The first kappa shape index (κ1) is 12.3. The van der Waals surface area contributed by atoms with E-state index in [1.165, 1.54) is 12.5 Å². The van der Waals surface area contributed by atoms with Crippen molar-refractivity contribution in [2.75, 3.05) is 12.5 Å². The topological polar surface area (TPSA) is 52.6 Å². The molecule has 0 heterocycles. The molecule has 1 rings (SSSR count). The van der Waals surface area contributed by atoms with E-state index in [4.69, 9.17) is 8.37 Å². The summed E-state index contributed by atoms with van der Waals surface area (Å²) in [6, 6.07) is 0. The Morgan fingerprint density at radius 1 is 0.929 bits per heavy atom. The van der Waals surface area contributed by atoms with E-state index in [-0.39, 0.29) is 12.2 Å². The van der Waals surface area contributed by atoms with Gasteiger partial charge in [0, 0.05) is 12.5 Å². The van der Waals surface area contributed by atoms with Crippen LogP contribution >= 0.6 is 0 Å². The van der Waals surface area contributed by atoms with Crippen molar-refractivity contribution in [1.82, 2.24) is 0 Å². The summed E-state index contributed by atoms with van der Waals surface area (Å²) < 4.78 is 32.2. The molecule has 1 fully saturated rings. The fourth-order valence-electron chi connectivity index (χ4n) is 1.63.